The average molecular weight is 459 g/mol. The summed E-state index contributed by atoms with van der Waals surface area (Å²) < 4.78 is 14.3. The fourth-order valence-electron chi connectivity index (χ4n) is 4.46. The minimum absolute atomic E-state index is 0.241. The largest absolute Gasteiger partial charge is 0.492 e. The maximum absolute atomic E-state index is 10.1. The Morgan fingerprint density at radius 3 is 2.56 bits per heavy atom. The van der Waals surface area contributed by atoms with Gasteiger partial charge in [-0.2, -0.15) is 10.4 Å². The van der Waals surface area contributed by atoms with E-state index in [4.69, 9.17) is 21.1 Å². The SMILES string of the molecule is CC(Oc1ccc(-c2c(C#N)c3ccc(OCCN(N)/N=C\N)cc3n2C2CC2)cc1)C1CC1. The molecule has 5 rings (SSSR count). The second-order valence-corrected chi connectivity index (χ2v) is 9.08. The lowest BCUT2D eigenvalue weighted by Crippen LogP contribution is -2.30. The van der Waals surface area contributed by atoms with Crippen LogP contribution in [0.25, 0.3) is 22.2 Å². The molecule has 3 aromatic rings. The van der Waals surface area contributed by atoms with Gasteiger partial charge in [0, 0.05) is 17.5 Å². The van der Waals surface area contributed by atoms with Crippen LogP contribution < -0.4 is 21.1 Å². The fourth-order valence-corrected chi connectivity index (χ4v) is 4.46. The van der Waals surface area contributed by atoms with E-state index in [1.807, 2.05) is 30.3 Å². The highest BCUT2D eigenvalue weighted by atomic mass is 16.5. The summed E-state index contributed by atoms with van der Waals surface area (Å²) in [7, 11) is 0. The van der Waals surface area contributed by atoms with Gasteiger partial charge in [-0.1, -0.05) is 0 Å². The molecule has 0 saturated heterocycles. The second-order valence-electron chi connectivity index (χ2n) is 9.08. The molecule has 1 atom stereocenters. The zero-order chi connectivity index (χ0) is 23.7. The molecule has 2 saturated carbocycles. The van der Waals surface area contributed by atoms with Gasteiger partial charge in [0.1, 0.15) is 30.5 Å². The first-order chi connectivity index (χ1) is 16.6. The van der Waals surface area contributed by atoms with Crippen LogP contribution in [-0.4, -0.2) is 35.3 Å². The number of nitriles is 1. The predicted molar refractivity (Wildman–Crippen MR) is 132 cm³/mol. The molecule has 8 heteroatoms. The number of hydrazine groups is 1. The van der Waals surface area contributed by atoms with Crippen molar-refractivity contribution in [2.45, 2.75) is 44.8 Å². The molecule has 2 aliphatic rings. The van der Waals surface area contributed by atoms with Crippen molar-refractivity contribution in [3.63, 3.8) is 0 Å². The highest BCUT2D eigenvalue weighted by Gasteiger charge is 2.31. The third-order valence-corrected chi connectivity index (χ3v) is 6.54. The quantitative estimate of drug-likeness (QED) is 0.204. The number of ether oxygens (including phenoxy) is 2. The monoisotopic (exact) mass is 458 g/mol. The molecule has 0 bridgehead atoms. The van der Waals surface area contributed by atoms with Gasteiger partial charge in [-0.05, 0) is 80.5 Å². The number of benzene rings is 2. The lowest BCUT2D eigenvalue weighted by Gasteiger charge is -2.15. The second kappa shape index (κ2) is 9.27. The van der Waals surface area contributed by atoms with E-state index in [0.29, 0.717) is 30.7 Å². The fraction of sp³-hybridized carbons (Fsp3) is 0.385. The van der Waals surface area contributed by atoms with Crippen molar-refractivity contribution in [1.29, 1.82) is 5.26 Å². The Morgan fingerprint density at radius 2 is 1.91 bits per heavy atom. The van der Waals surface area contributed by atoms with E-state index in [1.54, 1.807) is 0 Å². The van der Waals surface area contributed by atoms with Gasteiger partial charge >= 0.3 is 0 Å². The van der Waals surface area contributed by atoms with Crippen molar-refractivity contribution in [1.82, 2.24) is 9.69 Å². The van der Waals surface area contributed by atoms with Crippen LogP contribution in [0.4, 0.5) is 0 Å². The first-order valence-corrected chi connectivity index (χ1v) is 11.8. The van der Waals surface area contributed by atoms with Crippen molar-refractivity contribution < 1.29 is 9.47 Å². The maximum atomic E-state index is 10.1. The van der Waals surface area contributed by atoms with Gasteiger partial charge in [0.15, 0.2) is 0 Å². The normalized spacial score (nSPS) is 16.5. The van der Waals surface area contributed by atoms with E-state index >= 15 is 0 Å². The minimum atomic E-state index is 0.241. The summed E-state index contributed by atoms with van der Waals surface area (Å²) in [5.41, 5.74) is 8.95. The summed E-state index contributed by atoms with van der Waals surface area (Å²) in [4.78, 5) is 0. The van der Waals surface area contributed by atoms with Crippen molar-refractivity contribution >= 4 is 17.2 Å². The number of hydrogen-bond acceptors (Lipinski definition) is 6. The van der Waals surface area contributed by atoms with Gasteiger partial charge in [0.05, 0.1) is 29.4 Å². The van der Waals surface area contributed by atoms with Crippen LogP contribution in [-0.2, 0) is 0 Å². The Kier molecular flexibility index (Phi) is 6.03. The Morgan fingerprint density at radius 1 is 1.18 bits per heavy atom. The maximum Gasteiger partial charge on any atom is 0.121 e. The van der Waals surface area contributed by atoms with Crippen molar-refractivity contribution in [3.8, 4) is 28.8 Å². The summed E-state index contributed by atoms with van der Waals surface area (Å²) >= 11 is 0. The van der Waals surface area contributed by atoms with Gasteiger partial charge in [-0.25, -0.2) is 11.0 Å². The van der Waals surface area contributed by atoms with E-state index in [-0.39, 0.29) is 6.10 Å². The molecule has 2 aliphatic carbocycles. The van der Waals surface area contributed by atoms with E-state index in [9.17, 15) is 5.26 Å². The molecule has 0 aliphatic heterocycles. The molecular weight excluding hydrogens is 428 g/mol. The zero-order valence-corrected chi connectivity index (χ0v) is 19.4. The number of aromatic nitrogens is 1. The Hall–Kier alpha value is -3.70. The standard InChI is InChI=1S/C26H30N6O2/c1-17(18-2-3-18)34-21-8-4-19(5-9-21)26-24(15-27)23-11-10-22(33-13-12-31(29)30-16-28)14-25(23)32(26)20-6-7-20/h4-5,8-11,14,16-18,20H,2-3,6-7,12-13,29H2,1H3,(H2,28,30). The van der Waals surface area contributed by atoms with Crippen LogP contribution in [0.15, 0.2) is 47.6 Å². The minimum Gasteiger partial charge on any atom is -0.492 e. The molecule has 0 spiro atoms. The van der Waals surface area contributed by atoms with Gasteiger partial charge in [-0.3, -0.25) is 0 Å². The van der Waals surface area contributed by atoms with Gasteiger partial charge in [-0.15, -0.1) is 0 Å². The lowest BCUT2D eigenvalue weighted by molar-refractivity contribution is 0.198. The van der Waals surface area contributed by atoms with Crippen LogP contribution in [0.2, 0.25) is 0 Å². The van der Waals surface area contributed by atoms with Crippen molar-refractivity contribution in [2.75, 3.05) is 13.2 Å². The predicted octanol–water partition coefficient (Wildman–Crippen LogP) is 4.15. The number of hydrogen-bond donors (Lipinski definition) is 2. The third kappa shape index (κ3) is 4.52. The molecule has 2 aromatic carbocycles. The Labute approximate surface area is 199 Å². The zero-order valence-electron chi connectivity index (χ0n) is 19.4. The number of nitrogens with zero attached hydrogens (tertiary/aromatic N) is 4. The van der Waals surface area contributed by atoms with Crippen LogP contribution >= 0.6 is 0 Å². The first-order valence-electron chi connectivity index (χ1n) is 11.8. The molecule has 1 heterocycles. The smallest absolute Gasteiger partial charge is 0.121 e. The third-order valence-electron chi connectivity index (χ3n) is 6.54. The first kappa shape index (κ1) is 22.1. The van der Waals surface area contributed by atoms with Crippen LogP contribution in [0.5, 0.6) is 11.5 Å². The number of nitrogens with two attached hydrogens (primary N) is 2. The molecule has 176 valence electrons. The van der Waals surface area contributed by atoms with Crippen LogP contribution in [0.1, 0.15) is 44.2 Å². The van der Waals surface area contributed by atoms with Crippen molar-refractivity contribution in [2.24, 2.45) is 22.6 Å². The molecule has 2 fully saturated rings. The molecule has 0 radical (unpaired) electrons. The molecule has 34 heavy (non-hydrogen) atoms. The van der Waals surface area contributed by atoms with Gasteiger partial charge in [0.25, 0.3) is 0 Å². The lowest BCUT2D eigenvalue weighted by atomic mass is 10.1. The number of hydrazone groups is 1. The van der Waals surface area contributed by atoms with Crippen LogP contribution in [0.3, 0.4) is 0 Å². The van der Waals surface area contributed by atoms with Crippen molar-refractivity contribution in [3.05, 3.63) is 48.0 Å². The number of fused-ring (bicyclic) bond motifs is 1. The van der Waals surface area contributed by atoms with E-state index in [2.05, 4.69) is 34.8 Å². The Balaban J connectivity index is 1.45. The van der Waals surface area contributed by atoms with Gasteiger partial charge < -0.3 is 19.8 Å². The van der Waals surface area contributed by atoms with E-state index < -0.39 is 0 Å². The highest BCUT2D eigenvalue weighted by molar-refractivity contribution is 5.95. The highest BCUT2D eigenvalue weighted by Crippen LogP contribution is 2.45. The summed E-state index contributed by atoms with van der Waals surface area (Å²) in [6.45, 7) is 2.90. The average Bonchev–Trinajstić information content (AvgIpc) is 3.76. The van der Waals surface area contributed by atoms with Crippen LogP contribution in [0, 0.1) is 17.2 Å². The summed E-state index contributed by atoms with van der Waals surface area (Å²) in [6, 6.07) is 16.9. The van der Waals surface area contributed by atoms with Gasteiger partial charge in [0.2, 0.25) is 0 Å². The molecular formula is C26H30N6O2. The van der Waals surface area contributed by atoms with E-state index in [0.717, 1.165) is 52.8 Å². The topological polar surface area (TPSA) is 115 Å². The molecule has 8 nitrogen and oxygen atoms in total. The number of rotatable bonds is 10. The molecule has 0 amide bonds. The molecule has 4 N–H and O–H groups in total. The summed E-state index contributed by atoms with van der Waals surface area (Å²) in [5.74, 6) is 7.98. The molecule has 1 unspecified atom stereocenters. The molecule has 1 aromatic heterocycles. The summed E-state index contributed by atoms with van der Waals surface area (Å²) in [6.07, 6.45) is 6.10. The van der Waals surface area contributed by atoms with E-state index in [1.165, 1.54) is 18.0 Å². The Bertz CT molecular complexity index is 1230. The summed E-state index contributed by atoms with van der Waals surface area (Å²) in [5, 5.41) is 16.0.